The van der Waals surface area contributed by atoms with E-state index in [1.54, 1.807) is 14.2 Å². The van der Waals surface area contributed by atoms with Crippen LogP contribution in [0.15, 0.2) is 18.3 Å². The molecule has 2 N–H and O–H groups in total. The van der Waals surface area contributed by atoms with Crippen LogP contribution in [-0.2, 0) is 9.47 Å². The topological polar surface area (TPSA) is 60.6 Å². The van der Waals surface area contributed by atoms with E-state index in [2.05, 4.69) is 22.9 Å². The summed E-state index contributed by atoms with van der Waals surface area (Å²) in [4.78, 5) is 6.63. The number of anilines is 1. The summed E-state index contributed by atoms with van der Waals surface area (Å²) in [7, 11) is 3.41. The van der Waals surface area contributed by atoms with E-state index in [9.17, 15) is 0 Å². The average molecular weight is 267 g/mol. The minimum absolute atomic E-state index is 0.0143. The molecule has 0 saturated carbocycles. The molecule has 1 heterocycles. The minimum Gasteiger partial charge on any atom is -0.383 e. The summed E-state index contributed by atoms with van der Waals surface area (Å²) in [5, 5.41) is 0. The van der Waals surface area contributed by atoms with Crippen molar-refractivity contribution in [2.75, 3.05) is 45.4 Å². The fraction of sp³-hybridized carbons (Fsp3) is 0.643. The second-order valence-electron chi connectivity index (χ2n) is 4.43. The first kappa shape index (κ1) is 15.9. The smallest absolute Gasteiger partial charge is 0.0637 e. The second kappa shape index (κ2) is 8.85. The zero-order chi connectivity index (χ0) is 14.1. The van der Waals surface area contributed by atoms with Gasteiger partial charge in [0, 0.05) is 33.4 Å². The van der Waals surface area contributed by atoms with Gasteiger partial charge in [-0.2, -0.15) is 0 Å². The van der Waals surface area contributed by atoms with Crippen molar-refractivity contribution in [3.63, 3.8) is 0 Å². The predicted molar refractivity (Wildman–Crippen MR) is 77.4 cm³/mol. The van der Waals surface area contributed by atoms with Crippen LogP contribution in [0.5, 0.6) is 0 Å². The van der Waals surface area contributed by atoms with Gasteiger partial charge in [-0.15, -0.1) is 0 Å². The van der Waals surface area contributed by atoms with Crippen LogP contribution in [0.2, 0.25) is 0 Å². The van der Waals surface area contributed by atoms with Gasteiger partial charge in [-0.3, -0.25) is 4.98 Å². The van der Waals surface area contributed by atoms with Crippen molar-refractivity contribution in [3.8, 4) is 0 Å². The Morgan fingerprint density at radius 1 is 1.21 bits per heavy atom. The molecule has 0 fully saturated rings. The van der Waals surface area contributed by atoms with Gasteiger partial charge in [-0.25, -0.2) is 0 Å². The normalized spacial score (nSPS) is 12.4. The molecular formula is C14H25N3O2. The van der Waals surface area contributed by atoms with Crippen LogP contribution in [0, 0.1) is 0 Å². The summed E-state index contributed by atoms with van der Waals surface area (Å²) in [6.45, 7) is 5.06. The summed E-state index contributed by atoms with van der Waals surface area (Å²) in [6.07, 6.45) is 2.76. The van der Waals surface area contributed by atoms with E-state index in [-0.39, 0.29) is 6.04 Å². The Morgan fingerprint density at radius 2 is 1.84 bits per heavy atom. The Morgan fingerprint density at radius 3 is 2.26 bits per heavy atom. The van der Waals surface area contributed by atoms with Gasteiger partial charge in [0.05, 0.1) is 30.8 Å². The van der Waals surface area contributed by atoms with Crippen LogP contribution in [0.4, 0.5) is 5.69 Å². The van der Waals surface area contributed by atoms with Crippen molar-refractivity contribution in [3.05, 3.63) is 24.0 Å². The molecule has 19 heavy (non-hydrogen) atoms. The molecule has 0 saturated heterocycles. The molecule has 1 aromatic heterocycles. The van der Waals surface area contributed by atoms with E-state index >= 15 is 0 Å². The predicted octanol–water partition coefficient (Wildman–Crippen LogP) is 1.59. The van der Waals surface area contributed by atoms with Gasteiger partial charge in [-0.05, 0) is 18.6 Å². The molecule has 5 heteroatoms. The fourth-order valence-electron chi connectivity index (χ4n) is 1.79. The first-order chi connectivity index (χ1) is 9.22. The first-order valence-electron chi connectivity index (χ1n) is 6.67. The largest absolute Gasteiger partial charge is 0.383 e. The van der Waals surface area contributed by atoms with Crippen LogP contribution < -0.4 is 10.6 Å². The van der Waals surface area contributed by atoms with Crippen molar-refractivity contribution < 1.29 is 9.47 Å². The van der Waals surface area contributed by atoms with E-state index in [0.29, 0.717) is 13.2 Å². The molecule has 1 unspecified atom stereocenters. The number of pyridine rings is 1. The van der Waals surface area contributed by atoms with Crippen LogP contribution in [0.1, 0.15) is 25.1 Å². The number of rotatable bonds is 9. The molecule has 0 spiro atoms. The Labute approximate surface area is 115 Å². The molecule has 0 radical (unpaired) electrons. The number of nitrogens with two attached hydrogens (primary N) is 1. The third-order valence-electron chi connectivity index (χ3n) is 3.09. The molecular weight excluding hydrogens is 242 g/mol. The number of hydrogen-bond donors (Lipinski definition) is 1. The maximum Gasteiger partial charge on any atom is 0.0637 e. The third-order valence-corrected chi connectivity index (χ3v) is 3.09. The SMILES string of the molecule is CCC(N)c1ccc(N(CCOC)CCOC)cn1. The van der Waals surface area contributed by atoms with E-state index in [4.69, 9.17) is 15.2 Å². The van der Waals surface area contributed by atoms with E-state index < -0.39 is 0 Å². The van der Waals surface area contributed by atoms with Crippen molar-refractivity contribution in [1.29, 1.82) is 0 Å². The van der Waals surface area contributed by atoms with Gasteiger partial charge < -0.3 is 20.1 Å². The lowest BCUT2D eigenvalue weighted by Gasteiger charge is -2.24. The fourth-order valence-corrected chi connectivity index (χ4v) is 1.79. The maximum absolute atomic E-state index is 5.96. The van der Waals surface area contributed by atoms with E-state index in [1.165, 1.54) is 0 Å². The minimum atomic E-state index is 0.0143. The molecule has 108 valence electrons. The number of nitrogens with zero attached hydrogens (tertiary/aromatic N) is 2. The van der Waals surface area contributed by atoms with Gasteiger partial charge in [0.15, 0.2) is 0 Å². The van der Waals surface area contributed by atoms with Crippen molar-refractivity contribution in [2.24, 2.45) is 5.73 Å². The van der Waals surface area contributed by atoms with Crippen molar-refractivity contribution in [1.82, 2.24) is 4.98 Å². The summed E-state index contributed by atoms with van der Waals surface area (Å²) >= 11 is 0. The highest BCUT2D eigenvalue weighted by atomic mass is 16.5. The molecule has 5 nitrogen and oxygen atoms in total. The highest BCUT2D eigenvalue weighted by Crippen LogP contribution is 2.16. The summed E-state index contributed by atoms with van der Waals surface area (Å²) in [6, 6.07) is 4.07. The Bertz CT molecular complexity index is 335. The molecule has 0 amide bonds. The van der Waals surface area contributed by atoms with E-state index in [0.717, 1.165) is 30.9 Å². The molecule has 0 aliphatic carbocycles. The lowest BCUT2D eigenvalue weighted by atomic mass is 10.1. The first-order valence-corrected chi connectivity index (χ1v) is 6.67. The highest BCUT2D eigenvalue weighted by Gasteiger charge is 2.09. The van der Waals surface area contributed by atoms with Crippen LogP contribution in [0.25, 0.3) is 0 Å². The van der Waals surface area contributed by atoms with Gasteiger partial charge in [0.1, 0.15) is 0 Å². The Hall–Kier alpha value is -1.17. The van der Waals surface area contributed by atoms with Crippen molar-refractivity contribution in [2.45, 2.75) is 19.4 Å². The standard InChI is InChI=1S/C14H25N3O2/c1-4-13(15)14-6-5-12(11-16-14)17(7-9-18-2)8-10-19-3/h5-6,11,13H,4,7-10,15H2,1-3H3. The molecule has 1 atom stereocenters. The monoisotopic (exact) mass is 267 g/mol. The molecule has 0 bridgehead atoms. The summed E-state index contributed by atoms with van der Waals surface area (Å²) in [5.74, 6) is 0. The van der Waals surface area contributed by atoms with Crippen molar-refractivity contribution >= 4 is 5.69 Å². The Balaban J connectivity index is 2.71. The molecule has 0 aromatic carbocycles. The number of ether oxygens (including phenoxy) is 2. The van der Waals surface area contributed by atoms with Gasteiger partial charge >= 0.3 is 0 Å². The quantitative estimate of drug-likeness (QED) is 0.736. The number of aromatic nitrogens is 1. The van der Waals surface area contributed by atoms with Gasteiger partial charge in [0.25, 0.3) is 0 Å². The molecule has 1 aromatic rings. The Kier molecular flexibility index (Phi) is 7.40. The van der Waals surface area contributed by atoms with Crippen LogP contribution in [-0.4, -0.2) is 45.5 Å². The number of methoxy groups -OCH3 is 2. The lowest BCUT2D eigenvalue weighted by molar-refractivity contribution is 0.190. The summed E-state index contributed by atoms with van der Waals surface area (Å²) < 4.78 is 10.3. The number of hydrogen-bond acceptors (Lipinski definition) is 5. The average Bonchev–Trinajstić information content (AvgIpc) is 2.47. The third kappa shape index (κ3) is 5.14. The van der Waals surface area contributed by atoms with Crippen LogP contribution in [0.3, 0.4) is 0 Å². The summed E-state index contributed by atoms with van der Waals surface area (Å²) in [5.41, 5.74) is 7.97. The van der Waals surface area contributed by atoms with Gasteiger partial charge in [-0.1, -0.05) is 6.92 Å². The van der Waals surface area contributed by atoms with E-state index in [1.807, 2.05) is 12.3 Å². The van der Waals surface area contributed by atoms with Gasteiger partial charge in [0.2, 0.25) is 0 Å². The maximum atomic E-state index is 5.96. The van der Waals surface area contributed by atoms with Crippen LogP contribution >= 0.6 is 0 Å². The lowest BCUT2D eigenvalue weighted by Crippen LogP contribution is -2.30. The molecule has 0 aliphatic rings. The second-order valence-corrected chi connectivity index (χ2v) is 4.43. The molecule has 0 aliphatic heterocycles. The molecule has 1 rings (SSSR count). The highest BCUT2D eigenvalue weighted by molar-refractivity contribution is 5.44. The zero-order valence-electron chi connectivity index (χ0n) is 12.1. The zero-order valence-corrected chi connectivity index (χ0v) is 12.1.